The number of carboxylic acids is 1. The van der Waals surface area contributed by atoms with E-state index in [2.05, 4.69) is 15.0 Å². The standard InChI is InChI=1S/C11H13N3O7/c1-21-7(15)3-2-6(10(18)19)13-8(16)5-4-12-11(20)14-9(5)17/h4,6H,2-3H2,1H3,(H,13,16)(H,18,19)(H2,12,14,17,20). The molecule has 0 aliphatic rings. The van der Waals surface area contributed by atoms with Gasteiger partial charge < -0.3 is 20.1 Å². The van der Waals surface area contributed by atoms with Crippen molar-refractivity contribution in [3.63, 3.8) is 0 Å². The second-order valence-electron chi connectivity index (χ2n) is 3.96. The second-order valence-corrected chi connectivity index (χ2v) is 3.96. The Kier molecular flexibility index (Phi) is 5.40. The van der Waals surface area contributed by atoms with E-state index >= 15 is 0 Å². The molecule has 1 aromatic heterocycles. The number of hydrogen-bond acceptors (Lipinski definition) is 6. The summed E-state index contributed by atoms with van der Waals surface area (Å²) in [7, 11) is 1.15. The molecule has 1 heterocycles. The van der Waals surface area contributed by atoms with E-state index in [-0.39, 0.29) is 12.8 Å². The molecule has 0 saturated heterocycles. The number of ether oxygens (including phenoxy) is 1. The first-order valence-corrected chi connectivity index (χ1v) is 5.77. The third-order valence-corrected chi connectivity index (χ3v) is 2.53. The van der Waals surface area contributed by atoms with E-state index in [1.165, 1.54) is 0 Å². The first-order chi connectivity index (χ1) is 9.85. The number of H-pyrrole nitrogens is 2. The highest BCUT2D eigenvalue weighted by Crippen LogP contribution is 2.01. The van der Waals surface area contributed by atoms with Gasteiger partial charge in [-0.3, -0.25) is 19.4 Å². The van der Waals surface area contributed by atoms with E-state index in [1.54, 1.807) is 0 Å². The van der Waals surface area contributed by atoms with Crippen LogP contribution in [0, 0.1) is 0 Å². The fourth-order valence-electron chi connectivity index (χ4n) is 1.44. The summed E-state index contributed by atoms with van der Waals surface area (Å²) < 4.78 is 4.36. The smallest absolute Gasteiger partial charge is 0.326 e. The van der Waals surface area contributed by atoms with Crippen molar-refractivity contribution < 1.29 is 24.2 Å². The SMILES string of the molecule is COC(=O)CCC(NC(=O)c1c[nH]c(=O)[nH]c1=O)C(=O)O. The molecule has 0 fully saturated rings. The summed E-state index contributed by atoms with van der Waals surface area (Å²) in [6.45, 7) is 0. The topological polar surface area (TPSA) is 158 Å². The van der Waals surface area contributed by atoms with E-state index in [0.29, 0.717) is 0 Å². The molecule has 10 heteroatoms. The Morgan fingerprint density at radius 1 is 1.38 bits per heavy atom. The van der Waals surface area contributed by atoms with Crippen LogP contribution in [0.25, 0.3) is 0 Å². The van der Waals surface area contributed by atoms with Gasteiger partial charge in [0.1, 0.15) is 11.6 Å². The maximum Gasteiger partial charge on any atom is 0.326 e. The number of methoxy groups -OCH3 is 1. The lowest BCUT2D eigenvalue weighted by atomic mass is 10.1. The molecule has 21 heavy (non-hydrogen) atoms. The Morgan fingerprint density at radius 3 is 2.57 bits per heavy atom. The van der Waals surface area contributed by atoms with Crippen molar-refractivity contribution in [2.24, 2.45) is 0 Å². The van der Waals surface area contributed by atoms with Crippen molar-refractivity contribution in [1.29, 1.82) is 0 Å². The van der Waals surface area contributed by atoms with Crippen LogP contribution in [0.1, 0.15) is 23.2 Å². The van der Waals surface area contributed by atoms with Crippen LogP contribution in [0.15, 0.2) is 15.8 Å². The predicted octanol–water partition coefficient (Wildman–Crippen LogP) is -1.80. The van der Waals surface area contributed by atoms with Crippen LogP contribution in [0.2, 0.25) is 0 Å². The molecule has 0 saturated carbocycles. The zero-order chi connectivity index (χ0) is 16.0. The highest BCUT2D eigenvalue weighted by atomic mass is 16.5. The summed E-state index contributed by atoms with van der Waals surface area (Å²) in [5.41, 5.74) is -2.19. The minimum absolute atomic E-state index is 0.199. The molecular formula is C11H13N3O7. The second kappa shape index (κ2) is 7.03. The lowest BCUT2D eigenvalue weighted by molar-refractivity contribution is -0.142. The van der Waals surface area contributed by atoms with Crippen molar-refractivity contribution >= 4 is 17.8 Å². The lowest BCUT2D eigenvalue weighted by Gasteiger charge is -2.13. The summed E-state index contributed by atoms with van der Waals surface area (Å²) in [6, 6.07) is -1.37. The number of nitrogens with one attached hydrogen (secondary N) is 3. The van der Waals surface area contributed by atoms with Crippen molar-refractivity contribution in [3.8, 4) is 0 Å². The summed E-state index contributed by atoms with van der Waals surface area (Å²) in [6.07, 6.45) is 0.459. The molecule has 10 nitrogen and oxygen atoms in total. The van der Waals surface area contributed by atoms with Crippen LogP contribution in [-0.4, -0.2) is 46.1 Å². The Balaban J connectivity index is 2.81. The first-order valence-electron chi connectivity index (χ1n) is 5.77. The van der Waals surface area contributed by atoms with Crippen LogP contribution in [0.3, 0.4) is 0 Å². The monoisotopic (exact) mass is 299 g/mol. The predicted molar refractivity (Wildman–Crippen MR) is 67.8 cm³/mol. The van der Waals surface area contributed by atoms with E-state index in [0.717, 1.165) is 13.3 Å². The maximum absolute atomic E-state index is 11.8. The number of hydrogen-bond donors (Lipinski definition) is 4. The van der Waals surface area contributed by atoms with Gasteiger partial charge in [0.15, 0.2) is 0 Å². The molecule has 1 rings (SSSR count). The molecule has 0 aliphatic heterocycles. The molecule has 0 aromatic carbocycles. The largest absolute Gasteiger partial charge is 0.480 e. The van der Waals surface area contributed by atoms with Crippen LogP contribution in [-0.2, 0) is 14.3 Å². The number of aromatic nitrogens is 2. The van der Waals surface area contributed by atoms with Gasteiger partial charge in [0.2, 0.25) is 0 Å². The molecule has 1 aromatic rings. The quantitative estimate of drug-likeness (QED) is 0.451. The van der Waals surface area contributed by atoms with Gasteiger partial charge in [-0.25, -0.2) is 9.59 Å². The first kappa shape index (κ1) is 16.1. The maximum atomic E-state index is 11.8. The Bertz CT molecular complexity index is 660. The molecule has 4 N–H and O–H groups in total. The van der Waals surface area contributed by atoms with Gasteiger partial charge in [-0.05, 0) is 6.42 Å². The Labute approximate surface area is 117 Å². The van der Waals surface area contributed by atoms with Crippen LogP contribution in [0.5, 0.6) is 0 Å². The number of aromatic amines is 2. The summed E-state index contributed by atoms with van der Waals surface area (Å²) in [4.78, 5) is 59.9. The molecule has 0 aliphatic carbocycles. The third kappa shape index (κ3) is 4.60. The van der Waals surface area contributed by atoms with Crippen LogP contribution in [0.4, 0.5) is 0 Å². The molecule has 1 unspecified atom stereocenters. The molecule has 114 valence electrons. The average Bonchev–Trinajstić information content (AvgIpc) is 2.42. The van der Waals surface area contributed by atoms with Crippen LogP contribution < -0.4 is 16.6 Å². The zero-order valence-electron chi connectivity index (χ0n) is 11.0. The van der Waals surface area contributed by atoms with Gasteiger partial charge in [-0.15, -0.1) is 0 Å². The minimum atomic E-state index is -1.37. The summed E-state index contributed by atoms with van der Waals surface area (Å²) in [5.74, 6) is -2.98. The van der Waals surface area contributed by atoms with E-state index in [1.807, 2.05) is 4.98 Å². The lowest BCUT2D eigenvalue weighted by Crippen LogP contribution is -2.43. The normalized spacial score (nSPS) is 11.5. The van der Waals surface area contributed by atoms with E-state index in [4.69, 9.17) is 5.11 Å². The third-order valence-electron chi connectivity index (χ3n) is 2.53. The number of amides is 1. The van der Waals surface area contributed by atoms with Crippen molar-refractivity contribution in [3.05, 3.63) is 32.6 Å². The van der Waals surface area contributed by atoms with E-state index < -0.39 is 40.7 Å². The molecular weight excluding hydrogens is 286 g/mol. The van der Waals surface area contributed by atoms with Gasteiger partial charge in [0, 0.05) is 12.6 Å². The number of carboxylic acid groups (broad SMARTS) is 1. The van der Waals surface area contributed by atoms with Crippen molar-refractivity contribution in [2.75, 3.05) is 7.11 Å². The van der Waals surface area contributed by atoms with Gasteiger partial charge >= 0.3 is 17.6 Å². The number of aliphatic carboxylic acids is 1. The number of carbonyl (C=O) groups excluding carboxylic acids is 2. The van der Waals surface area contributed by atoms with Crippen molar-refractivity contribution in [1.82, 2.24) is 15.3 Å². The minimum Gasteiger partial charge on any atom is -0.480 e. The Hall–Kier alpha value is -2.91. The highest BCUT2D eigenvalue weighted by molar-refractivity contribution is 5.96. The molecule has 0 radical (unpaired) electrons. The molecule has 1 atom stereocenters. The Morgan fingerprint density at radius 2 is 2.05 bits per heavy atom. The van der Waals surface area contributed by atoms with Gasteiger partial charge in [0.05, 0.1) is 7.11 Å². The zero-order valence-corrected chi connectivity index (χ0v) is 11.0. The fourth-order valence-corrected chi connectivity index (χ4v) is 1.44. The van der Waals surface area contributed by atoms with Crippen molar-refractivity contribution in [2.45, 2.75) is 18.9 Å². The molecule has 0 bridgehead atoms. The fraction of sp³-hybridized carbons (Fsp3) is 0.364. The van der Waals surface area contributed by atoms with Gasteiger partial charge in [-0.2, -0.15) is 0 Å². The van der Waals surface area contributed by atoms with Gasteiger partial charge in [-0.1, -0.05) is 0 Å². The molecule has 1 amide bonds. The van der Waals surface area contributed by atoms with Gasteiger partial charge in [0.25, 0.3) is 11.5 Å². The molecule has 0 spiro atoms. The average molecular weight is 299 g/mol. The summed E-state index contributed by atoms with van der Waals surface area (Å²) >= 11 is 0. The number of carbonyl (C=O) groups is 3. The highest BCUT2D eigenvalue weighted by Gasteiger charge is 2.23. The number of esters is 1. The van der Waals surface area contributed by atoms with Crippen LogP contribution >= 0.6 is 0 Å². The summed E-state index contributed by atoms with van der Waals surface area (Å²) in [5, 5.41) is 11.0. The van der Waals surface area contributed by atoms with E-state index in [9.17, 15) is 24.0 Å². The number of rotatable bonds is 6.